The Kier molecular flexibility index (Phi) is 6.23. The predicted molar refractivity (Wildman–Crippen MR) is 85.9 cm³/mol. The van der Waals surface area contributed by atoms with Crippen molar-refractivity contribution in [1.82, 2.24) is 4.72 Å². The van der Waals surface area contributed by atoms with Gasteiger partial charge in [-0.3, -0.25) is 0 Å². The molecular weight excluding hydrogens is 310 g/mol. The summed E-state index contributed by atoms with van der Waals surface area (Å²) in [6.45, 7) is 7.18. The van der Waals surface area contributed by atoms with Crippen molar-refractivity contribution in [1.29, 1.82) is 0 Å². The van der Waals surface area contributed by atoms with E-state index in [1.165, 1.54) is 12.1 Å². The van der Waals surface area contributed by atoms with Gasteiger partial charge in [0.25, 0.3) is 0 Å². The van der Waals surface area contributed by atoms with Gasteiger partial charge in [0.05, 0.1) is 21.9 Å². The molecule has 0 saturated carbocycles. The first-order chi connectivity index (χ1) is 9.59. The lowest BCUT2D eigenvalue weighted by atomic mass is 9.89. The second kappa shape index (κ2) is 7.09. The van der Waals surface area contributed by atoms with Crippen LogP contribution in [0.1, 0.15) is 34.1 Å². The predicted octanol–water partition coefficient (Wildman–Crippen LogP) is 2.76. The van der Waals surface area contributed by atoms with Gasteiger partial charge in [-0.25, -0.2) is 13.1 Å². The Morgan fingerprint density at radius 2 is 1.81 bits per heavy atom. The Hall–Kier alpha value is -0.620. The van der Waals surface area contributed by atoms with E-state index < -0.39 is 27.0 Å². The Morgan fingerprint density at radius 1 is 1.29 bits per heavy atom. The minimum absolute atomic E-state index is 0.0449. The smallest absolute Gasteiger partial charge is 0.240 e. The van der Waals surface area contributed by atoms with Gasteiger partial charge in [0.1, 0.15) is 0 Å². The fourth-order valence-corrected chi connectivity index (χ4v) is 3.53. The SMILES string of the molecule is CC[C@H](C)[C@H](NS(=O)(=O)c1ccccc1)[C@H](O)C(C)(C)Cl. The molecule has 0 aliphatic rings. The van der Waals surface area contributed by atoms with Crippen molar-refractivity contribution in [3.63, 3.8) is 0 Å². The summed E-state index contributed by atoms with van der Waals surface area (Å²) in [6, 6.07) is 7.47. The third-order valence-corrected chi connectivity index (χ3v) is 5.34. The molecule has 0 aliphatic heterocycles. The zero-order chi connectivity index (χ0) is 16.3. The number of sulfonamides is 1. The molecule has 1 aromatic carbocycles. The van der Waals surface area contributed by atoms with Crippen LogP contribution in [0.3, 0.4) is 0 Å². The van der Waals surface area contributed by atoms with Crippen LogP contribution in [0.15, 0.2) is 35.2 Å². The van der Waals surface area contributed by atoms with Crippen LogP contribution in [-0.4, -0.2) is 30.5 Å². The van der Waals surface area contributed by atoms with E-state index in [1.54, 1.807) is 32.0 Å². The molecule has 0 aromatic heterocycles. The van der Waals surface area contributed by atoms with Gasteiger partial charge in [-0.05, 0) is 31.9 Å². The van der Waals surface area contributed by atoms with Gasteiger partial charge in [-0.15, -0.1) is 11.6 Å². The number of nitrogens with one attached hydrogen (secondary N) is 1. The summed E-state index contributed by atoms with van der Waals surface area (Å²) in [4.78, 5) is -0.745. The Labute approximate surface area is 132 Å². The van der Waals surface area contributed by atoms with Gasteiger partial charge in [-0.1, -0.05) is 38.5 Å². The lowest BCUT2D eigenvalue weighted by Gasteiger charge is -2.35. The quantitative estimate of drug-likeness (QED) is 0.754. The number of aliphatic hydroxyl groups is 1. The largest absolute Gasteiger partial charge is 0.390 e. The summed E-state index contributed by atoms with van der Waals surface area (Å²) in [7, 11) is -3.69. The van der Waals surface area contributed by atoms with Crippen LogP contribution in [0, 0.1) is 5.92 Å². The lowest BCUT2D eigenvalue weighted by Crippen LogP contribution is -2.53. The minimum Gasteiger partial charge on any atom is -0.390 e. The molecule has 21 heavy (non-hydrogen) atoms. The number of hydrogen-bond donors (Lipinski definition) is 2. The highest BCUT2D eigenvalue weighted by atomic mass is 35.5. The number of rotatable bonds is 7. The standard InChI is InChI=1S/C15H24ClNO3S/c1-5-11(2)13(14(18)15(3,4)16)17-21(19,20)12-9-7-6-8-10-12/h6-11,13-14,17-18H,5H2,1-4H3/t11-,13-,14-/m0/s1. The van der Waals surface area contributed by atoms with Crippen LogP contribution in [-0.2, 0) is 10.0 Å². The number of aliphatic hydroxyl groups excluding tert-OH is 1. The van der Waals surface area contributed by atoms with E-state index in [0.29, 0.717) is 0 Å². The van der Waals surface area contributed by atoms with Gasteiger partial charge in [0.2, 0.25) is 10.0 Å². The van der Waals surface area contributed by atoms with Crippen LogP contribution in [0.2, 0.25) is 0 Å². The monoisotopic (exact) mass is 333 g/mol. The van der Waals surface area contributed by atoms with E-state index in [9.17, 15) is 13.5 Å². The van der Waals surface area contributed by atoms with E-state index in [1.807, 2.05) is 13.8 Å². The van der Waals surface area contributed by atoms with Crippen molar-refractivity contribution in [2.24, 2.45) is 5.92 Å². The van der Waals surface area contributed by atoms with Crippen LogP contribution in [0.5, 0.6) is 0 Å². The van der Waals surface area contributed by atoms with Gasteiger partial charge >= 0.3 is 0 Å². The van der Waals surface area contributed by atoms with E-state index in [-0.39, 0.29) is 10.8 Å². The van der Waals surface area contributed by atoms with E-state index in [2.05, 4.69) is 4.72 Å². The summed E-state index contributed by atoms with van der Waals surface area (Å²) in [6.07, 6.45) is -0.265. The Bertz CT molecular complexity index is 540. The molecule has 0 unspecified atom stereocenters. The summed E-state index contributed by atoms with van der Waals surface area (Å²) >= 11 is 6.17. The third-order valence-electron chi connectivity index (χ3n) is 3.65. The molecule has 1 aromatic rings. The molecule has 6 heteroatoms. The highest BCUT2D eigenvalue weighted by Crippen LogP contribution is 2.26. The third kappa shape index (κ3) is 4.95. The first-order valence-electron chi connectivity index (χ1n) is 7.04. The zero-order valence-corrected chi connectivity index (χ0v) is 14.4. The average molecular weight is 334 g/mol. The molecule has 2 N–H and O–H groups in total. The Morgan fingerprint density at radius 3 is 2.24 bits per heavy atom. The fraction of sp³-hybridized carbons (Fsp3) is 0.600. The maximum absolute atomic E-state index is 12.4. The number of alkyl halides is 1. The fourth-order valence-electron chi connectivity index (χ4n) is 2.02. The van der Waals surface area contributed by atoms with Crippen LogP contribution in [0.4, 0.5) is 0 Å². The van der Waals surface area contributed by atoms with Crippen molar-refractivity contribution in [2.45, 2.75) is 56.0 Å². The molecule has 4 nitrogen and oxygen atoms in total. The molecular formula is C15H24ClNO3S. The molecule has 0 amide bonds. The molecule has 0 fully saturated rings. The maximum Gasteiger partial charge on any atom is 0.240 e. The molecule has 0 bridgehead atoms. The second-order valence-electron chi connectivity index (χ2n) is 5.85. The average Bonchev–Trinajstić information content (AvgIpc) is 2.43. The zero-order valence-electron chi connectivity index (χ0n) is 12.9. The molecule has 120 valence electrons. The van der Waals surface area contributed by atoms with Crippen LogP contribution in [0.25, 0.3) is 0 Å². The van der Waals surface area contributed by atoms with Gasteiger partial charge < -0.3 is 5.11 Å². The Balaban J connectivity index is 3.07. The van der Waals surface area contributed by atoms with Crippen molar-refractivity contribution in [3.8, 4) is 0 Å². The summed E-state index contributed by atoms with van der Waals surface area (Å²) in [5.41, 5.74) is 0. The first kappa shape index (κ1) is 18.4. The van der Waals surface area contributed by atoms with Crippen molar-refractivity contribution >= 4 is 21.6 Å². The number of halogens is 1. The van der Waals surface area contributed by atoms with Crippen LogP contribution >= 0.6 is 11.6 Å². The summed E-state index contributed by atoms with van der Waals surface area (Å²) < 4.78 is 27.5. The lowest BCUT2D eigenvalue weighted by molar-refractivity contribution is 0.0817. The summed E-state index contributed by atoms with van der Waals surface area (Å²) in [5.74, 6) is -0.0449. The molecule has 0 saturated heterocycles. The van der Waals surface area contributed by atoms with Crippen LogP contribution < -0.4 is 4.72 Å². The minimum atomic E-state index is -3.69. The summed E-state index contributed by atoms with van der Waals surface area (Å²) in [5, 5.41) is 10.4. The highest BCUT2D eigenvalue weighted by Gasteiger charge is 2.37. The van der Waals surface area contributed by atoms with E-state index in [4.69, 9.17) is 11.6 Å². The van der Waals surface area contributed by atoms with Gasteiger partial charge in [0, 0.05) is 0 Å². The second-order valence-corrected chi connectivity index (χ2v) is 8.54. The molecule has 0 aliphatic carbocycles. The van der Waals surface area contributed by atoms with E-state index >= 15 is 0 Å². The number of benzene rings is 1. The normalized spacial score (nSPS) is 17.2. The molecule has 0 radical (unpaired) electrons. The first-order valence-corrected chi connectivity index (χ1v) is 8.90. The maximum atomic E-state index is 12.4. The number of hydrogen-bond acceptors (Lipinski definition) is 3. The topological polar surface area (TPSA) is 66.4 Å². The van der Waals surface area contributed by atoms with Crippen molar-refractivity contribution < 1.29 is 13.5 Å². The molecule has 3 atom stereocenters. The van der Waals surface area contributed by atoms with Crippen molar-refractivity contribution in [3.05, 3.63) is 30.3 Å². The van der Waals surface area contributed by atoms with E-state index in [0.717, 1.165) is 6.42 Å². The van der Waals surface area contributed by atoms with Gasteiger partial charge in [0.15, 0.2) is 0 Å². The molecule has 0 spiro atoms. The molecule has 1 rings (SSSR count). The highest BCUT2D eigenvalue weighted by molar-refractivity contribution is 7.89. The molecule has 0 heterocycles. The van der Waals surface area contributed by atoms with Crippen molar-refractivity contribution in [2.75, 3.05) is 0 Å². The van der Waals surface area contributed by atoms with Gasteiger partial charge in [-0.2, -0.15) is 0 Å².